The van der Waals surface area contributed by atoms with E-state index in [1.165, 1.54) is 18.2 Å². The second-order valence-corrected chi connectivity index (χ2v) is 6.98. The van der Waals surface area contributed by atoms with Crippen LogP contribution < -0.4 is 5.32 Å². The Bertz CT molecular complexity index is 938. The molecule has 1 amide bonds. The number of carbonyl (C=O) groups excluding carboxylic acids is 1. The maximum Gasteiger partial charge on any atom is 0.436 e. The molecule has 3 rings (SSSR count). The largest absolute Gasteiger partial charge is 0.436 e. The zero-order valence-corrected chi connectivity index (χ0v) is 15.5. The van der Waals surface area contributed by atoms with Crippen LogP contribution in [0.15, 0.2) is 18.2 Å². The van der Waals surface area contributed by atoms with E-state index in [-0.39, 0.29) is 24.6 Å². The average Bonchev–Trinajstić information content (AvgIpc) is 3.36. The van der Waals surface area contributed by atoms with Crippen molar-refractivity contribution in [2.75, 3.05) is 5.32 Å². The van der Waals surface area contributed by atoms with Gasteiger partial charge in [0.25, 0.3) is 5.69 Å². The highest BCUT2D eigenvalue weighted by Gasteiger charge is 2.42. The molecule has 0 saturated heterocycles. The molecule has 1 aromatic carbocycles. The lowest BCUT2D eigenvalue weighted by Gasteiger charge is -2.10. The first kappa shape index (κ1) is 20.1. The van der Waals surface area contributed by atoms with Gasteiger partial charge in [-0.05, 0) is 31.4 Å². The van der Waals surface area contributed by atoms with E-state index in [1.807, 2.05) is 0 Å². The smallest absolute Gasteiger partial charge is 0.326 e. The van der Waals surface area contributed by atoms with Gasteiger partial charge >= 0.3 is 6.18 Å². The van der Waals surface area contributed by atoms with Crippen LogP contribution >= 0.6 is 11.6 Å². The summed E-state index contributed by atoms with van der Waals surface area (Å²) in [7, 11) is 0. The monoisotopic (exact) mass is 416 g/mol. The summed E-state index contributed by atoms with van der Waals surface area (Å²) < 4.78 is 40.3. The van der Waals surface area contributed by atoms with Crippen LogP contribution in [0.5, 0.6) is 0 Å². The summed E-state index contributed by atoms with van der Waals surface area (Å²) in [5, 5.41) is 16.5. The highest BCUT2D eigenvalue weighted by Crippen LogP contribution is 2.46. The van der Waals surface area contributed by atoms with E-state index < -0.39 is 27.7 Å². The van der Waals surface area contributed by atoms with Crippen molar-refractivity contribution in [2.45, 2.75) is 44.8 Å². The molecule has 1 N–H and O–H groups in total. The van der Waals surface area contributed by atoms with Gasteiger partial charge < -0.3 is 5.32 Å². The molecule has 28 heavy (non-hydrogen) atoms. The van der Waals surface area contributed by atoms with Gasteiger partial charge in [0.1, 0.15) is 0 Å². The lowest BCUT2D eigenvalue weighted by molar-refractivity contribution is -0.384. The predicted octanol–water partition coefficient (Wildman–Crippen LogP) is 4.68. The van der Waals surface area contributed by atoms with E-state index in [2.05, 4.69) is 10.4 Å². The van der Waals surface area contributed by atoms with E-state index in [9.17, 15) is 28.1 Å². The van der Waals surface area contributed by atoms with Gasteiger partial charge in [-0.1, -0.05) is 11.6 Å². The van der Waals surface area contributed by atoms with Gasteiger partial charge in [-0.25, -0.2) is 0 Å². The Morgan fingerprint density at radius 2 is 2.11 bits per heavy atom. The number of aromatic nitrogens is 2. The molecular weight excluding hydrogens is 401 g/mol. The first-order valence-corrected chi connectivity index (χ1v) is 8.84. The molecule has 1 aliphatic carbocycles. The number of carbonyl (C=O) groups is 1. The minimum Gasteiger partial charge on any atom is -0.326 e. The molecule has 0 unspecified atom stereocenters. The van der Waals surface area contributed by atoms with Gasteiger partial charge in [0.05, 0.1) is 22.2 Å². The predicted molar refractivity (Wildman–Crippen MR) is 95.3 cm³/mol. The third-order valence-corrected chi connectivity index (χ3v) is 4.78. The first-order valence-electron chi connectivity index (χ1n) is 8.46. The van der Waals surface area contributed by atoms with Crippen LogP contribution in [-0.4, -0.2) is 20.6 Å². The third kappa shape index (κ3) is 4.27. The molecule has 0 bridgehead atoms. The van der Waals surface area contributed by atoms with Crippen LogP contribution in [0.25, 0.3) is 0 Å². The molecule has 2 aromatic rings. The van der Waals surface area contributed by atoms with Crippen molar-refractivity contribution in [3.8, 4) is 0 Å². The maximum atomic E-state index is 13.1. The normalized spacial score (nSPS) is 14.2. The summed E-state index contributed by atoms with van der Waals surface area (Å²) in [6, 6.07) is 3.99. The molecule has 0 atom stereocenters. The SMILES string of the molecule is Cc1cc([N+](=O)[O-])ccc1NC(=O)CCn1nc(C(F)(F)F)c(Cl)c1C1CC1. The number of halogens is 4. The first-order chi connectivity index (χ1) is 13.1. The van der Waals surface area contributed by atoms with Crippen molar-refractivity contribution in [1.29, 1.82) is 0 Å². The Balaban J connectivity index is 1.71. The quantitative estimate of drug-likeness (QED) is 0.547. The van der Waals surface area contributed by atoms with E-state index in [0.29, 0.717) is 16.9 Å². The minimum atomic E-state index is -4.66. The standard InChI is InChI=1S/C17H16ClF3N4O3/c1-9-8-11(25(27)28)4-5-12(9)22-13(26)6-7-24-15(10-2-3-10)14(18)16(23-24)17(19,20)21/h4-5,8,10H,2-3,6-7H2,1H3,(H,22,26). The van der Waals surface area contributed by atoms with Crippen molar-refractivity contribution < 1.29 is 22.9 Å². The fraction of sp³-hybridized carbons (Fsp3) is 0.412. The number of nitrogens with one attached hydrogen (secondary N) is 1. The molecular formula is C17H16ClF3N4O3. The number of nitro groups is 1. The third-order valence-electron chi connectivity index (χ3n) is 4.41. The number of hydrogen-bond acceptors (Lipinski definition) is 4. The van der Waals surface area contributed by atoms with Crippen LogP contribution in [0, 0.1) is 17.0 Å². The number of benzene rings is 1. The lowest BCUT2D eigenvalue weighted by Crippen LogP contribution is -2.17. The van der Waals surface area contributed by atoms with E-state index in [0.717, 1.165) is 17.5 Å². The highest BCUT2D eigenvalue weighted by molar-refractivity contribution is 6.32. The van der Waals surface area contributed by atoms with Crippen molar-refractivity contribution in [3.63, 3.8) is 0 Å². The van der Waals surface area contributed by atoms with E-state index in [4.69, 9.17) is 11.6 Å². The molecule has 1 heterocycles. The molecule has 150 valence electrons. The van der Waals surface area contributed by atoms with Gasteiger partial charge in [-0.3, -0.25) is 19.6 Å². The number of non-ortho nitro benzene ring substituents is 1. The summed E-state index contributed by atoms with van der Waals surface area (Å²) in [6.07, 6.45) is -3.32. The number of anilines is 1. The van der Waals surface area contributed by atoms with Crippen LogP contribution in [0.1, 0.15) is 42.1 Å². The number of nitrogens with zero attached hydrogens (tertiary/aromatic N) is 3. The number of rotatable bonds is 6. The second-order valence-electron chi connectivity index (χ2n) is 6.60. The molecule has 11 heteroatoms. The number of alkyl halides is 3. The van der Waals surface area contributed by atoms with Gasteiger partial charge in [0.15, 0.2) is 5.69 Å². The Labute approximate surface area is 162 Å². The second kappa shape index (κ2) is 7.42. The molecule has 7 nitrogen and oxygen atoms in total. The Kier molecular flexibility index (Phi) is 5.33. The van der Waals surface area contributed by atoms with Crippen LogP contribution in [0.3, 0.4) is 0 Å². The summed E-state index contributed by atoms with van der Waals surface area (Å²) in [5.41, 5.74) is -0.0263. The fourth-order valence-corrected chi connectivity index (χ4v) is 3.27. The van der Waals surface area contributed by atoms with Crippen molar-refractivity contribution in [1.82, 2.24) is 9.78 Å². The maximum absolute atomic E-state index is 13.1. The summed E-state index contributed by atoms with van der Waals surface area (Å²) in [4.78, 5) is 22.4. The van der Waals surface area contributed by atoms with Crippen molar-refractivity contribution >= 4 is 28.9 Å². The van der Waals surface area contributed by atoms with E-state index >= 15 is 0 Å². The molecule has 1 saturated carbocycles. The fourth-order valence-electron chi connectivity index (χ4n) is 2.87. The zero-order valence-electron chi connectivity index (χ0n) is 14.7. The number of aryl methyl sites for hydroxylation is 2. The minimum absolute atomic E-state index is 0.0561. The molecule has 0 spiro atoms. The van der Waals surface area contributed by atoms with Crippen molar-refractivity contribution in [3.05, 3.63) is 50.3 Å². The molecule has 1 fully saturated rings. The van der Waals surface area contributed by atoms with Crippen LogP contribution in [0.2, 0.25) is 5.02 Å². The Hall–Kier alpha value is -2.62. The summed E-state index contributed by atoms with van der Waals surface area (Å²) in [5.74, 6) is -0.519. The number of nitro benzene ring substituents is 1. The Morgan fingerprint density at radius 1 is 1.43 bits per heavy atom. The highest BCUT2D eigenvalue weighted by atomic mass is 35.5. The zero-order chi connectivity index (χ0) is 20.6. The average molecular weight is 417 g/mol. The number of hydrogen-bond donors (Lipinski definition) is 1. The molecule has 0 radical (unpaired) electrons. The van der Waals surface area contributed by atoms with Crippen LogP contribution in [0.4, 0.5) is 24.5 Å². The van der Waals surface area contributed by atoms with Gasteiger partial charge in [-0.15, -0.1) is 0 Å². The van der Waals surface area contributed by atoms with Gasteiger partial charge in [0.2, 0.25) is 5.91 Å². The number of amides is 1. The lowest BCUT2D eigenvalue weighted by atomic mass is 10.1. The summed E-state index contributed by atoms with van der Waals surface area (Å²) >= 11 is 5.90. The van der Waals surface area contributed by atoms with Crippen LogP contribution in [-0.2, 0) is 17.5 Å². The molecule has 1 aromatic heterocycles. The summed E-state index contributed by atoms with van der Waals surface area (Å²) in [6.45, 7) is 1.55. The topological polar surface area (TPSA) is 90.1 Å². The van der Waals surface area contributed by atoms with Crippen molar-refractivity contribution in [2.24, 2.45) is 0 Å². The molecule has 0 aliphatic heterocycles. The molecule has 1 aliphatic rings. The van der Waals surface area contributed by atoms with E-state index in [1.54, 1.807) is 6.92 Å². The Morgan fingerprint density at radius 3 is 2.64 bits per heavy atom. The van der Waals surface area contributed by atoms with Gasteiger partial charge in [0, 0.05) is 30.2 Å². The van der Waals surface area contributed by atoms with Gasteiger partial charge in [-0.2, -0.15) is 18.3 Å².